The molecule has 0 unspecified atom stereocenters. The second-order valence-electron chi connectivity index (χ2n) is 4.75. The number of benzene rings is 1. The number of nitrogens with zero attached hydrogens (tertiary/aromatic N) is 3. The maximum Gasteiger partial charge on any atom is 0.261 e. The van der Waals surface area contributed by atoms with Gasteiger partial charge in [-0.2, -0.15) is 0 Å². The molecule has 5 heteroatoms. The summed E-state index contributed by atoms with van der Waals surface area (Å²) < 4.78 is 1.49. The Morgan fingerprint density at radius 2 is 2.11 bits per heavy atom. The average molecular weight is 259 g/mol. The molecule has 0 aliphatic carbocycles. The summed E-state index contributed by atoms with van der Waals surface area (Å²) in [5, 5.41) is 0.597. The van der Waals surface area contributed by atoms with Gasteiger partial charge in [-0.3, -0.25) is 14.2 Å². The lowest BCUT2D eigenvalue weighted by atomic mass is 10.1. The van der Waals surface area contributed by atoms with Crippen molar-refractivity contribution in [2.24, 2.45) is 0 Å². The van der Waals surface area contributed by atoms with Crippen LogP contribution in [0.5, 0.6) is 0 Å². The number of aromatic nitrogens is 2. The zero-order valence-corrected chi connectivity index (χ0v) is 11.4. The minimum absolute atomic E-state index is 0.00348. The van der Waals surface area contributed by atoms with Crippen LogP contribution in [-0.4, -0.2) is 34.5 Å². The molecule has 1 heterocycles. The van der Waals surface area contributed by atoms with Crippen molar-refractivity contribution in [3.63, 3.8) is 0 Å². The average Bonchev–Trinajstić information content (AvgIpc) is 2.38. The van der Waals surface area contributed by atoms with E-state index in [4.69, 9.17) is 0 Å². The van der Waals surface area contributed by atoms with Gasteiger partial charge in [0.25, 0.3) is 5.56 Å². The lowest BCUT2D eigenvalue weighted by molar-refractivity contribution is -0.128. The van der Waals surface area contributed by atoms with Crippen LogP contribution in [0.1, 0.15) is 12.0 Å². The first-order chi connectivity index (χ1) is 9.00. The van der Waals surface area contributed by atoms with Gasteiger partial charge in [0.05, 0.1) is 17.2 Å². The highest BCUT2D eigenvalue weighted by Gasteiger charge is 2.08. The van der Waals surface area contributed by atoms with E-state index in [2.05, 4.69) is 4.98 Å². The monoisotopic (exact) mass is 259 g/mol. The molecule has 0 aliphatic rings. The van der Waals surface area contributed by atoms with Gasteiger partial charge in [-0.15, -0.1) is 0 Å². The molecule has 2 rings (SSSR count). The standard InChI is InChI=1S/C14H17N3O2/c1-10-5-4-6-11-13(10)15-9-17(14(11)19)8-7-12(18)16(2)3/h4-6,9H,7-8H2,1-3H3. The fraction of sp³-hybridized carbons (Fsp3) is 0.357. The molecule has 0 radical (unpaired) electrons. The molecule has 1 aromatic carbocycles. The summed E-state index contributed by atoms with van der Waals surface area (Å²) in [7, 11) is 3.40. The van der Waals surface area contributed by atoms with Crippen molar-refractivity contribution < 1.29 is 4.79 Å². The summed E-state index contributed by atoms with van der Waals surface area (Å²) in [5.41, 5.74) is 1.61. The fourth-order valence-corrected chi connectivity index (χ4v) is 1.94. The van der Waals surface area contributed by atoms with Crippen molar-refractivity contribution in [3.05, 3.63) is 40.4 Å². The second-order valence-corrected chi connectivity index (χ2v) is 4.75. The predicted octanol–water partition coefficient (Wildman–Crippen LogP) is 1.18. The number of hydrogen-bond acceptors (Lipinski definition) is 3. The van der Waals surface area contributed by atoms with Gasteiger partial charge in [-0.25, -0.2) is 4.98 Å². The molecular formula is C14H17N3O2. The van der Waals surface area contributed by atoms with Crippen molar-refractivity contribution in [2.45, 2.75) is 19.9 Å². The van der Waals surface area contributed by atoms with Gasteiger partial charge in [0.15, 0.2) is 0 Å². The second kappa shape index (κ2) is 5.22. The van der Waals surface area contributed by atoms with Crippen LogP contribution < -0.4 is 5.56 Å². The highest BCUT2D eigenvalue weighted by Crippen LogP contribution is 2.11. The smallest absolute Gasteiger partial charge is 0.261 e. The maximum absolute atomic E-state index is 12.3. The third-order valence-corrected chi connectivity index (χ3v) is 3.12. The number of para-hydroxylation sites is 1. The molecule has 2 aromatic rings. The van der Waals surface area contributed by atoms with Gasteiger partial charge in [0, 0.05) is 27.1 Å². The topological polar surface area (TPSA) is 55.2 Å². The number of hydrogen-bond donors (Lipinski definition) is 0. The molecule has 0 bridgehead atoms. The van der Waals surface area contributed by atoms with Crippen LogP contribution in [-0.2, 0) is 11.3 Å². The SMILES string of the molecule is Cc1cccc2c(=O)n(CCC(=O)N(C)C)cnc12. The molecule has 0 aliphatic heterocycles. The number of carbonyl (C=O) groups excluding carboxylic acids is 1. The Morgan fingerprint density at radius 3 is 2.79 bits per heavy atom. The van der Waals surface area contributed by atoms with Gasteiger partial charge in [-0.1, -0.05) is 12.1 Å². The molecule has 1 aromatic heterocycles. The van der Waals surface area contributed by atoms with E-state index in [1.807, 2.05) is 19.1 Å². The van der Waals surface area contributed by atoms with Crippen LogP contribution in [0.25, 0.3) is 10.9 Å². The van der Waals surface area contributed by atoms with Crippen molar-refractivity contribution >= 4 is 16.8 Å². The minimum Gasteiger partial charge on any atom is -0.349 e. The molecule has 0 atom stereocenters. The van der Waals surface area contributed by atoms with E-state index in [-0.39, 0.29) is 11.5 Å². The molecule has 5 nitrogen and oxygen atoms in total. The third kappa shape index (κ3) is 2.65. The first kappa shape index (κ1) is 13.3. The van der Waals surface area contributed by atoms with Crippen LogP contribution in [0.2, 0.25) is 0 Å². The summed E-state index contributed by atoms with van der Waals surface area (Å²) >= 11 is 0. The van der Waals surface area contributed by atoms with E-state index in [1.165, 1.54) is 15.8 Å². The summed E-state index contributed by atoms with van der Waals surface area (Å²) in [6.45, 7) is 2.28. The molecule has 0 saturated carbocycles. The summed E-state index contributed by atoms with van der Waals surface area (Å²) in [4.78, 5) is 29.6. The molecule has 100 valence electrons. The van der Waals surface area contributed by atoms with Crippen molar-refractivity contribution in [2.75, 3.05) is 14.1 Å². The van der Waals surface area contributed by atoms with Crippen LogP contribution >= 0.6 is 0 Å². The zero-order valence-electron chi connectivity index (χ0n) is 11.4. The van der Waals surface area contributed by atoms with Gasteiger partial charge in [0.1, 0.15) is 0 Å². The number of fused-ring (bicyclic) bond motifs is 1. The number of amides is 1. The predicted molar refractivity (Wildman–Crippen MR) is 74.1 cm³/mol. The van der Waals surface area contributed by atoms with Gasteiger partial charge < -0.3 is 4.90 Å². The number of aryl methyl sites for hydroxylation is 2. The van der Waals surface area contributed by atoms with Crippen molar-refractivity contribution in [1.82, 2.24) is 14.5 Å². The summed E-state index contributed by atoms with van der Waals surface area (Å²) in [6, 6.07) is 5.53. The van der Waals surface area contributed by atoms with E-state index in [0.717, 1.165) is 11.1 Å². The van der Waals surface area contributed by atoms with E-state index in [0.29, 0.717) is 18.4 Å². The Kier molecular flexibility index (Phi) is 3.64. The summed E-state index contributed by atoms with van der Waals surface area (Å²) in [6.07, 6.45) is 1.81. The lowest BCUT2D eigenvalue weighted by Crippen LogP contribution is -2.26. The fourth-order valence-electron chi connectivity index (χ4n) is 1.94. The largest absolute Gasteiger partial charge is 0.349 e. The Balaban J connectivity index is 2.34. The van der Waals surface area contributed by atoms with E-state index < -0.39 is 0 Å². The van der Waals surface area contributed by atoms with E-state index in [9.17, 15) is 9.59 Å². The Hall–Kier alpha value is -2.17. The Bertz CT molecular complexity index is 674. The minimum atomic E-state index is -0.0970. The van der Waals surface area contributed by atoms with Crippen molar-refractivity contribution in [3.8, 4) is 0 Å². The Morgan fingerprint density at radius 1 is 1.37 bits per heavy atom. The number of carbonyl (C=O) groups is 1. The normalized spacial score (nSPS) is 10.7. The lowest BCUT2D eigenvalue weighted by Gasteiger charge is -2.11. The van der Waals surface area contributed by atoms with E-state index >= 15 is 0 Å². The molecule has 0 fully saturated rings. The zero-order chi connectivity index (χ0) is 14.0. The van der Waals surface area contributed by atoms with E-state index in [1.54, 1.807) is 20.2 Å². The number of rotatable bonds is 3. The first-order valence-electron chi connectivity index (χ1n) is 6.15. The Labute approximate surface area is 111 Å². The van der Waals surface area contributed by atoms with Gasteiger partial charge in [0.2, 0.25) is 5.91 Å². The molecule has 1 amide bonds. The van der Waals surface area contributed by atoms with Crippen LogP contribution in [0.4, 0.5) is 0 Å². The molecule has 0 saturated heterocycles. The molecule has 0 N–H and O–H groups in total. The first-order valence-corrected chi connectivity index (χ1v) is 6.15. The van der Waals surface area contributed by atoms with Crippen LogP contribution in [0, 0.1) is 6.92 Å². The highest BCUT2D eigenvalue weighted by atomic mass is 16.2. The molecule has 19 heavy (non-hydrogen) atoms. The molecule has 0 spiro atoms. The third-order valence-electron chi connectivity index (χ3n) is 3.12. The van der Waals surface area contributed by atoms with Crippen LogP contribution in [0.3, 0.4) is 0 Å². The quantitative estimate of drug-likeness (QED) is 0.831. The van der Waals surface area contributed by atoms with Gasteiger partial charge in [-0.05, 0) is 18.6 Å². The van der Waals surface area contributed by atoms with Crippen LogP contribution in [0.15, 0.2) is 29.3 Å². The summed E-state index contributed by atoms with van der Waals surface area (Å²) in [5.74, 6) is -0.00348. The van der Waals surface area contributed by atoms with Gasteiger partial charge >= 0.3 is 0 Å². The maximum atomic E-state index is 12.3. The molecular weight excluding hydrogens is 242 g/mol. The van der Waals surface area contributed by atoms with Crippen molar-refractivity contribution in [1.29, 1.82) is 0 Å². The highest BCUT2D eigenvalue weighted by molar-refractivity contribution is 5.80.